The maximum atomic E-state index is 4.00. The van der Waals surface area contributed by atoms with Crippen molar-refractivity contribution in [1.82, 2.24) is 0 Å². The Morgan fingerprint density at radius 1 is 0.617 bits per heavy atom. The van der Waals surface area contributed by atoms with E-state index in [0.29, 0.717) is 0 Å². The van der Waals surface area contributed by atoms with Crippen LogP contribution in [0.1, 0.15) is 121 Å². The molecular formula is C60H66. The van der Waals surface area contributed by atoms with E-state index in [2.05, 4.69) is 216 Å². The van der Waals surface area contributed by atoms with E-state index in [0.717, 1.165) is 25.7 Å². The molecule has 0 N–H and O–H groups in total. The highest BCUT2D eigenvalue weighted by atomic mass is 14.4. The summed E-state index contributed by atoms with van der Waals surface area (Å²) in [6.07, 6.45) is 17.1. The number of fused-ring (bicyclic) bond motifs is 4. The molecule has 0 heteroatoms. The van der Waals surface area contributed by atoms with Gasteiger partial charge in [-0.25, -0.2) is 0 Å². The minimum absolute atomic E-state index is 0. The van der Waals surface area contributed by atoms with E-state index in [4.69, 9.17) is 0 Å². The highest BCUT2D eigenvalue weighted by molar-refractivity contribution is 5.87. The Hall–Kier alpha value is -6.16. The fourth-order valence-corrected chi connectivity index (χ4v) is 8.50. The SMILES string of the molecule is C.C.C#C.CC.CCCCC(/C=C\C(C)c1ccc2ccccc2c1)=C(/c1ccc(-c2ccccc2)cc1)c1ccccc1Cc1ccc2c(c1)C(C)(C)c1ccccc1-2. The Kier molecular flexibility index (Phi) is 16.9. The molecule has 0 spiro atoms. The van der Waals surface area contributed by atoms with Gasteiger partial charge >= 0.3 is 0 Å². The summed E-state index contributed by atoms with van der Waals surface area (Å²) in [6, 6.07) is 60.8. The van der Waals surface area contributed by atoms with Crippen LogP contribution < -0.4 is 0 Å². The predicted octanol–water partition coefficient (Wildman–Crippen LogP) is 17.3. The third-order valence-electron chi connectivity index (χ3n) is 11.6. The van der Waals surface area contributed by atoms with E-state index >= 15 is 0 Å². The number of benzene rings is 7. The van der Waals surface area contributed by atoms with E-state index in [9.17, 15) is 0 Å². The molecule has 60 heavy (non-hydrogen) atoms. The fraction of sp³-hybridized carbons (Fsp3) is 0.233. The van der Waals surface area contributed by atoms with Crippen molar-refractivity contribution in [3.8, 4) is 35.1 Å². The summed E-state index contributed by atoms with van der Waals surface area (Å²) in [4.78, 5) is 0. The van der Waals surface area contributed by atoms with Gasteiger partial charge in [0.15, 0.2) is 0 Å². The van der Waals surface area contributed by atoms with Crippen molar-refractivity contribution in [2.24, 2.45) is 0 Å². The van der Waals surface area contributed by atoms with Gasteiger partial charge in [0.2, 0.25) is 0 Å². The molecule has 0 heterocycles. The first kappa shape index (κ1) is 46.5. The van der Waals surface area contributed by atoms with Gasteiger partial charge in [-0.05, 0) is 108 Å². The van der Waals surface area contributed by atoms with Crippen LogP contribution in [0.25, 0.3) is 38.6 Å². The van der Waals surface area contributed by atoms with E-state index in [1.165, 1.54) is 83.1 Å². The topological polar surface area (TPSA) is 0 Å². The molecule has 0 aromatic heterocycles. The van der Waals surface area contributed by atoms with Gasteiger partial charge in [-0.1, -0.05) is 239 Å². The van der Waals surface area contributed by atoms with Crippen LogP contribution in [0.5, 0.6) is 0 Å². The standard InChI is InChI=1S/C54H50.C2H6.C2H2.2CH4/c1-5-6-16-43(27-25-38(2)45-33-30-41-19-10-11-20-46(41)37-45)53(44-31-28-42(29-32-44)40-17-8-7-9-18-40)48-22-13-12-21-47(48)35-39-26-34-50-49-23-14-15-24-51(49)54(3,4)52(50)36-39;2*1-2;;/h7-15,17-34,36-38H,5-6,16,35H2,1-4H3;1-2H3;1-2H;2*1H4/b27-25-,53-43+;;;;. The molecule has 7 aromatic rings. The molecule has 306 valence electrons. The van der Waals surface area contributed by atoms with Crippen LogP contribution in [-0.4, -0.2) is 0 Å². The predicted molar refractivity (Wildman–Crippen MR) is 267 cm³/mol. The number of hydrogen-bond donors (Lipinski definition) is 0. The van der Waals surface area contributed by atoms with E-state index < -0.39 is 0 Å². The summed E-state index contributed by atoms with van der Waals surface area (Å²) in [6.45, 7) is 13.4. The van der Waals surface area contributed by atoms with Gasteiger partial charge in [0, 0.05) is 5.41 Å². The van der Waals surface area contributed by atoms with Crippen LogP contribution in [0.4, 0.5) is 0 Å². The Morgan fingerprint density at radius 2 is 1.23 bits per heavy atom. The first-order valence-corrected chi connectivity index (χ1v) is 21.1. The highest BCUT2D eigenvalue weighted by Gasteiger charge is 2.35. The molecular weight excluding hydrogens is 721 g/mol. The lowest BCUT2D eigenvalue weighted by Gasteiger charge is -2.22. The number of unbranched alkanes of at least 4 members (excludes halogenated alkanes) is 1. The summed E-state index contributed by atoms with van der Waals surface area (Å²) < 4.78 is 0. The van der Waals surface area contributed by atoms with Crippen LogP contribution in [-0.2, 0) is 11.8 Å². The molecule has 1 unspecified atom stereocenters. The van der Waals surface area contributed by atoms with Crippen molar-refractivity contribution in [3.63, 3.8) is 0 Å². The zero-order valence-electron chi connectivity index (χ0n) is 35.3. The molecule has 1 aliphatic carbocycles. The molecule has 0 bridgehead atoms. The van der Waals surface area contributed by atoms with Crippen molar-refractivity contribution in [2.45, 2.75) is 93.4 Å². The number of allylic oxidation sites excluding steroid dienone is 3. The Labute approximate surface area is 363 Å². The summed E-state index contributed by atoms with van der Waals surface area (Å²) in [5, 5.41) is 2.58. The second kappa shape index (κ2) is 21.7. The zero-order chi connectivity index (χ0) is 41.1. The molecule has 0 nitrogen and oxygen atoms in total. The Balaban J connectivity index is 0.00000129. The highest BCUT2D eigenvalue weighted by Crippen LogP contribution is 2.49. The lowest BCUT2D eigenvalue weighted by atomic mass is 9.81. The maximum Gasteiger partial charge on any atom is 0.0158 e. The molecule has 0 amide bonds. The van der Waals surface area contributed by atoms with Gasteiger partial charge in [-0.15, -0.1) is 12.8 Å². The van der Waals surface area contributed by atoms with E-state index in [1.54, 1.807) is 0 Å². The largest absolute Gasteiger partial charge is 0.124 e. The molecule has 0 fully saturated rings. The van der Waals surface area contributed by atoms with Crippen molar-refractivity contribution in [3.05, 3.63) is 220 Å². The second-order valence-electron chi connectivity index (χ2n) is 15.6. The molecule has 0 saturated heterocycles. The average Bonchev–Trinajstić information content (AvgIpc) is 3.51. The third-order valence-corrected chi connectivity index (χ3v) is 11.6. The molecule has 1 atom stereocenters. The van der Waals surface area contributed by atoms with Crippen LogP contribution in [0, 0.1) is 12.8 Å². The minimum atomic E-state index is -0.0210. The van der Waals surface area contributed by atoms with Gasteiger partial charge in [0.05, 0.1) is 0 Å². The van der Waals surface area contributed by atoms with E-state index in [1.807, 2.05) is 13.8 Å². The second-order valence-corrected chi connectivity index (χ2v) is 15.6. The lowest BCUT2D eigenvalue weighted by molar-refractivity contribution is 0.659. The monoisotopic (exact) mass is 787 g/mol. The number of rotatable bonds is 11. The first-order chi connectivity index (χ1) is 28.4. The quantitative estimate of drug-likeness (QED) is 0.0905. The fourth-order valence-electron chi connectivity index (χ4n) is 8.50. The molecule has 0 saturated carbocycles. The zero-order valence-corrected chi connectivity index (χ0v) is 35.3. The summed E-state index contributed by atoms with van der Waals surface area (Å²) in [5.74, 6) is 0.280. The molecule has 7 aromatic carbocycles. The minimum Gasteiger partial charge on any atom is -0.124 e. The van der Waals surface area contributed by atoms with Gasteiger partial charge in [0.25, 0.3) is 0 Å². The third kappa shape index (κ3) is 9.99. The molecule has 1 aliphatic rings. The van der Waals surface area contributed by atoms with Gasteiger partial charge < -0.3 is 0 Å². The molecule has 0 aliphatic heterocycles. The first-order valence-electron chi connectivity index (χ1n) is 21.1. The molecule has 8 rings (SSSR count). The van der Waals surface area contributed by atoms with Gasteiger partial charge in [0.1, 0.15) is 0 Å². The van der Waals surface area contributed by atoms with Crippen LogP contribution in [0.2, 0.25) is 0 Å². The van der Waals surface area contributed by atoms with Crippen molar-refractivity contribution >= 4 is 16.3 Å². The van der Waals surface area contributed by atoms with Gasteiger partial charge in [-0.2, -0.15) is 0 Å². The lowest BCUT2D eigenvalue weighted by Crippen LogP contribution is -2.15. The summed E-state index contributed by atoms with van der Waals surface area (Å²) in [5.41, 5.74) is 17.5. The average molecular weight is 787 g/mol. The van der Waals surface area contributed by atoms with Crippen LogP contribution in [0.15, 0.2) is 182 Å². The summed E-state index contributed by atoms with van der Waals surface area (Å²) in [7, 11) is 0. The van der Waals surface area contributed by atoms with Crippen molar-refractivity contribution in [1.29, 1.82) is 0 Å². The Morgan fingerprint density at radius 3 is 1.97 bits per heavy atom. The van der Waals surface area contributed by atoms with E-state index in [-0.39, 0.29) is 26.2 Å². The molecule has 0 radical (unpaired) electrons. The Bertz CT molecular complexity index is 2520. The smallest absolute Gasteiger partial charge is 0.0158 e. The van der Waals surface area contributed by atoms with Crippen LogP contribution >= 0.6 is 0 Å². The number of hydrogen-bond acceptors (Lipinski definition) is 0. The van der Waals surface area contributed by atoms with Crippen molar-refractivity contribution in [2.75, 3.05) is 0 Å². The summed E-state index contributed by atoms with van der Waals surface area (Å²) >= 11 is 0. The normalized spacial score (nSPS) is 12.9. The van der Waals surface area contributed by atoms with Crippen molar-refractivity contribution < 1.29 is 0 Å². The van der Waals surface area contributed by atoms with Gasteiger partial charge in [-0.3, -0.25) is 0 Å². The maximum absolute atomic E-state index is 4.00. The number of terminal acetylenes is 1. The van der Waals surface area contributed by atoms with Crippen LogP contribution in [0.3, 0.4) is 0 Å².